The van der Waals surface area contributed by atoms with Crippen molar-refractivity contribution in [2.45, 2.75) is 37.8 Å². The number of nitrogens with two attached hydrogens (primary N) is 1. The largest absolute Gasteiger partial charge is 0.473 e. The number of rotatable bonds is 3. The minimum absolute atomic E-state index is 0.0914. The molecule has 0 spiro atoms. The Morgan fingerprint density at radius 3 is 2.76 bits per heavy atom. The lowest BCUT2D eigenvalue weighted by Crippen LogP contribution is -2.41. The van der Waals surface area contributed by atoms with Crippen LogP contribution in [0.25, 0.3) is 0 Å². The third-order valence-electron chi connectivity index (χ3n) is 3.11. The molecule has 1 saturated carbocycles. The lowest BCUT2D eigenvalue weighted by molar-refractivity contribution is 0.126. The number of anilines is 1. The number of nitrogens with zero attached hydrogens (tertiary/aromatic N) is 3. The highest BCUT2D eigenvalue weighted by molar-refractivity contribution is 5.38. The Labute approximate surface area is 102 Å². The molecule has 2 atom stereocenters. The van der Waals surface area contributed by atoms with Crippen molar-refractivity contribution in [3.8, 4) is 5.88 Å². The monoisotopic (exact) mass is 236 g/mol. The summed E-state index contributed by atoms with van der Waals surface area (Å²) in [7, 11) is 3.89. The van der Waals surface area contributed by atoms with E-state index in [1.165, 1.54) is 19.2 Å². The standard InChI is InChI=1S/C12H20N4O/c1-16(2)11-7-12(15-8-14-11)17-10-6-4-3-5-9(10)13/h7-10H,3-6,13H2,1-2H3/t9-,10-/m1/s1. The van der Waals surface area contributed by atoms with Crippen LogP contribution in [-0.4, -0.2) is 36.2 Å². The minimum Gasteiger partial charge on any atom is -0.473 e. The summed E-state index contributed by atoms with van der Waals surface area (Å²) in [4.78, 5) is 10.2. The minimum atomic E-state index is 0.0914. The Morgan fingerprint density at radius 2 is 2.06 bits per heavy atom. The Hall–Kier alpha value is -1.36. The molecule has 5 heteroatoms. The maximum atomic E-state index is 6.05. The fourth-order valence-electron chi connectivity index (χ4n) is 2.07. The van der Waals surface area contributed by atoms with Gasteiger partial charge >= 0.3 is 0 Å². The van der Waals surface area contributed by atoms with Crippen LogP contribution in [0.15, 0.2) is 12.4 Å². The zero-order valence-corrected chi connectivity index (χ0v) is 10.5. The maximum absolute atomic E-state index is 6.05. The van der Waals surface area contributed by atoms with E-state index >= 15 is 0 Å². The van der Waals surface area contributed by atoms with E-state index in [0.717, 1.165) is 18.7 Å². The molecular formula is C12H20N4O. The van der Waals surface area contributed by atoms with E-state index in [1.54, 1.807) is 0 Å². The van der Waals surface area contributed by atoms with Gasteiger partial charge in [0.25, 0.3) is 0 Å². The Morgan fingerprint density at radius 1 is 1.29 bits per heavy atom. The van der Waals surface area contributed by atoms with Crippen LogP contribution in [0.3, 0.4) is 0 Å². The first-order valence-electron chi connectivity index (χ1n) is 6.08. The molecule has 2 N–H and O–H groups in total. The highest BCUT2D eigenvalue weighted by atomic mass is 16.5. The van der Waals surface area contributed by atoms with E-state index in [4.69, 9.17) is 10.5 Å². The van der Waals surface area contributed by atoms with Gasteiger partial charge in [-0.3, -0.25) is 0 Å². The molecule has 1 aliphatic rings. The number of ether oxygens (including phenoxy) is 1. The summed E-state index contributed by atoms with van der Waals surface area (Å²) in [6.45, 7) is 0. The summed E-state index contributed by atoms with van der Waals surface area (Å²) in [5, 5.41) is 0. The van der Waals surface area contributed by atoms with Crippen LogP contribution >= 0.6 is 0 Å². The molecule has 1 heterocycles. The number of aromatic nitrogens is 2. The van der Waals surface area contributed by atoms with E-state index in [1.807, 2.05) is 25.1 Å². The van der Waals surface area contributed by atoms with Gasteiger partial charge in [-0.2, -0.15) is 0 Å². The third kappa shape index (κ3) is 3.06. The van der Waals surface area contributed by atoms with Crippen molar-refractivity contribution < 1.29 is 4.74 Å². The predicted molar refractivity (Wildman–Crippen MR) is 67.2 cm³/mol. The van der Waals surface area contributed by atoms with Gasteiger partial charge in [-0.15, -0.1) is 0 Å². The smallest absolute Gasteiger partial charge is 0.218 e. The second kappa shape index (κ2) is 5.31. The molecule has 0 radical (unpaired) electrons. The lowest BCUT2D eigenvalue weighted by Gasteiger charge is -2.28. The van der Waals surface area contributed by atoms with Crippen LogP contribution in [0.5, 0.6) is 5.88 Å². The normalized spacial score (nSPS) is 24.4. The summed E-state index contributed by atoms with van der Waals surface area (Å²) in [5.41, 5.74) is 6.05. The van der Waals surface area contributed by atoms with E-state index in [0.29, 0.717) is 5.88 Å². The molecule has 5 nitrogen and oxygen atoms in total. The number of hydrogen-bond donors (Lipinski definition) is 1. The van der Waals surface area contributed by atoms with Crippen molar-refractivity contribution in [2.75, 3.05) is 19.0 Å². The summed E-state index contributed by atoms with van der Waals surface area (Å²) in [6, 6.07) is 1.97. The van der Waals surface area contributed by atoms with E-state index in [2.05, 4.69) is 9.97 Å². The topological polar surface area (TPSA) is 64.3 Å². The fourth-order valence-corrected chi connectivity index (χ4v) is 2.07. The molecule has 1 aromatic rings. The van der Waals surface area contributed by atoms with Crippen molar-refractivity contribution in [2.24, 2.45) is 5.73 Å². The number of hydrogen-bond acceptors (Lipinski definition) is 5. The van der Waals surface area contributed by atoms with Crippen LogP contribution in [-0.2, 0) is 0 Å². The quantitative estimate of drug-likeness (QED) is 0.854. The summed E-state index contributed by atoms with van der Waals surface area (Å²) < 4.78 is 5.86. The molecule has 17 heavy (non-hydrogen) atoms. The van der Waals surface area contributed by atoms with Crippen LogP contribution < -0.4 is 15.4 Å². The molecule has 0 unspecified atom stereocenters. The van der Waals surface area contributed by atoms with Gasteiger partial charge in [0.05, 0.1) is 0 Å². The third-order valence-corrected chi connectivity index (χ3v) is 3.11. The molecule has 0 aliphatic heterocycles. The van der Waals surface area contributed by atoms with Gasteiger partial charge in [-0.25, -0.2) is 9.97 Å². The van der Waals surface area contributed by atoms with Gasteiger partial charge in [0.2, 0.25) is 5.88 Å². The molecule has 0 bridgehead atoms. The first-order chi connectivity index (χ1) is 8.16. The van der Waals surface area contributed by atoms with Crippen molar-refractivity contribution >= 4 is 5.82 Å². The maximum Gasteiger partial charge on any atom is 0.218 e. The van der Waals surface area contributed by atoms with Crippen molar-refractivity contribution in [1.82, 2.24) is 9.97 Å². The fraction of sp³-hybridized carbons (Fsp3) is 0.667. The average molecular weight is 236 g/mol. The summed E-state index contributed by atoms with van der Waals surface area (Å²) in [5.74, 6) is 1.46. The second-order valence-electron chi connectivity index (χ2n) is 4.71. The van der Waals surface area contributed by atoms with Crippen molar-refractivity contribution in [3.05, 3.63) is 12.4 Å². The van der Waals surface area contributed by atoms with Gasteiger partial charge < -0.3 is 15.4 Å². The summed E-state index contributed by atoms with van der Waals surface area (Å²) in [6.07, 6.45) is 6.06. The van der Waals surface area contributed by atoms with Crippen LogP contribution in [0, 0.1) is 0 Å². The molecule has 0 amide bonds. The van der Waals surface area contributed by atoms with E-state index in [9.17, 15) is 0 Å². The van der Waals surface area contributed by atoms with Crippen LogP contribution in [0.1, 0.15) is 25.7 Å². The molecule has 2 rings (SSSR count). The molecule has 0 aromatic carbocycles. The molecule has 1 aromatic heterocycles. The Kier molecular flexibility index (Phi) is 3.78. The van der Waals surface area contributed by atoms with Gasteiger partial charge in [-0.05, 0) is 19.3 Å². The zero-order valence-electron chi connectivity index (χ0n) is 10.5. The molecule has 1 fully saturated rings. The van der Waals surface area contributed by atoms with Crippen molar-refractivity contribution in [3.63, 3.8) is 0 Å². The molecular weight excluding hydrogens is 216 g/mol. The van der Waals surface area contributed by atoms with Crippen molar-refractivity contribution in [1.29, 1.82) is 0 Å². The van der Waals surface area contributed by atoms with E-state index in [-0.39, 0.29) is 12.1 Å². The highest BCUT2D eigenvalue weighted by Crippen LogP contribution is 2.22. The Balaban J connectivity index is 2.04. The predicted octanol–water partition coefficient (Wildman–Crippen LogP) is 1.19. The molecule has 0 saturated heterocycles. The van der Waals surface area contributed by atoms with Gasteiger partial charge in [0, 0.05) is 26.2 Å². The average Bonchev–Trinajstić information content (AvgIpc) is 2.32. The molecule has 1 aliphatic carbocycles. The van der Waals surface area contributed by atoms with Gasteiger partial charge in [-0.1, -0.05) is 6.42 Å². The first kappa shape index (κ1) is 12.1. The second-order valence-corrected chi connectivity index (χ2v) is 4.71. The van der Waals surface area contributed by atoms with E-state index < -0.39 is 0 Å². The highest BCUT2D eigenvalue weighted by Gasteiger charge is 2.23. The van der Waals surface area contributed by atoms with Gasteiger partial charge in [0.15, 0.2) is 0 Å². The SMILES string of the molecule is CN(C)c1cc(O[C@@H]2CCCC[C@H]2N)ncn1. The zero-order chi connectivity index (χ0) is 12.3. The van der Waals surface area contributed by atoms with Crippen LogP contribution in [0.2, 0.25) is 0 Å². The van der Waals surface area contributed by atoms with Crippen LogP contribution in [0.4, 0.5) is 5.82 Å². The first-order valence-corrected chi connectivity index (χ1v) is 6.08. The summed E-state index contributed by atoms with van der Waals surface area (Å²) >= 11 is 0. The lowest BCUT2D eigenvalue weighted by atomic mass is 9.93. The molecule has 94 valence electrons. The van der Waals surface area contributed by atoms with Gasteiger partial charge in [0.1, 0.15) is 18.2 Å². The Bertz CT molecular complexity index is 369.